The van der Waals surface area contributed by atoms with Crippen molar-refractivity contribution in [3.05, 3.63) is 96.3 Å². The predicted octanol–water partition coefficient (Wildman–Crippen LogP) is 7.08. The van der Waals surface area contributed by atoms with E-state index < -0.39 is 6.16 Å². The number of fused-ring (bicyclic) bond motifs is 1. The molecule has 5 aromatic rings. The second-order valence-corrected chi connectivity index (χ2v) is 10.6. The van der Waals surface area contributed by atoms with Gasteiger partial charge in [-0.3, -0.25) is 0 Å². The van der Waals surface area contributed by atoms with Crippen LogP contribution in [0.25, 0.3) is 22.2 Å². The van der Waals surface area contributed by atoms with Gasteiger partial charge in [-0.15, -0.1) is 0 Å². The topological polar surface area (TPSA) is 123 Å². The van der Waals surface area contributed by atoms with Gasteiger partial charge in [-0.05, 0) is 61.4 Å². The molecule has 0 aliphatic heterocycles. The highest BCUT2D eigenvalue weighted by Crippen LogP contribution is 2.33. The van der Waals surface area contributed by atoms with Crippen LogP contribution < -0.4 is 9.47 Å². The number of benzene rings is 3. The Morgan fingerprint density at radius 1 is 0.953 bits per heavy atom. The van der Waals surface area contributed by atoms with Gasteiger partial charge in [-0.2, -0.15) is 0 Å². The van der Waals surface area contributed by atoms with Gasteiger partial charge in [-0.25, -0.2) is 14.8 Å². The van der Waals surface area contributed by atoms with Crippen LogP contribution in [0.3, 0.4) is 0 Å². The van der Waals surface area contributed by atoms with Gasteiger partial charge in [0.05, 0.1) is 18.5 Å². The summed E-state index contributed by atoms with van der Waals surface area (Å²) >= 11 is 0. The standard InChI is InChI=1S/C34H38N4O4.H2O/c1-3-4-12-31-36-32-25(2)13-18-30(41-22-9-5-8-20-37-21-19-35-24-37)33(32)38(31)23-26-14-16-27(17-15-26)28-10-6-7-11-29(28)42-34(39)40;/h6-7,10-11,13-19,21,24H,3-5,8-9,12,20,22-23H2,1-2H3,(H,39,40);1H2. The molecule has 0 fully saturated rings. The number of nitrogens with zero attached hydrogens (tertiary/aromatic N) is 4. The van der Waals surface area contributed by atoms with Gasteiger partial charge in [0.1, 0.15) is 22.8 Å². The maximum absolute atomic E-state index is 11.2. The first-order chi connectivity index (χ1) is 20.5. The van der Waals surface area contributed by atoms with Crippen LogP contribution in [0.1, 0.15) is 56.0 Å². The van der Waals surface area contributed by atoms with Gasteiger partial charge in [0.25, 0.3) is 0 Å². The van der Waals surface area contributed by atoms with Crippen molar-refractivity contribution in [2.75, 3.05) is 6.61 Å². The first-order valence-electron chi connectivity index (χ1n) is 14.7. The summed E-state index contributed by atoms with van der Waals surface area (Å²) in [5.74, 6) is 2.26. The molecule has 0 bridgehead atoms. The molecule has 0 unspecified atom stereocenters. The van der Waals surface area contributed by atoms with E-state index in [2.05, 4.69) is 52.2 Å². The number of aryl methyl sites for hydroxylation is 3. The average molecular weight is 585 g/mol. The molecule has 226 valence electrons. The Hall–Kier alpha value is -4.63. The number of hydrogen-bond acceptors (Lipinski definition) is 5. The number of carboxylic acid groups (broad SMARTS) is 1. The van der Waals surface area contributed by atoms with Crippen molar-refractivity contribution >= 4 is 17.2 Å². The maximum Gasteiger partial charge on any atom is 0.511 e. The van der Waals surface area contributed by atoms with Gasteiger partial charge < -0.3 is 29.2 Å². The lowest BCUT2D eigenvalue weighted by Gasteiger charge is -2.14. The molecule has 0 radical (unpaired) electrons. The second kappa shape index (κ2) is 15.0. The highest BCUT2D eigenvalue weighted by Gasteiger charge is 2.18. The Balaban J connectivity index is 0.00000423. The quantitative estimate of drug-likeness (QED) is 0.0845. The Kier molecular flexibility index (Phi) is 10.9. The number of rotatable bonds is 14. The van der Waals surface area contributed by atoms with Crippen molar-refractivity contribution in [2.45, 2.75) is 65.5 Å². The summed E-state index contributed by atoms with van der Waals surface area (Å²) in [5, 5.41) is 9.13. The molecular formula is C34H40N4O5. The van der Waals surface area contributed by atoms with Crippen LogP contribution in [0.2, 0.25) is 0 Å². The summed E-state index contributed by atoms with van der Waals surface area (Å²) in [4.78, 5) is 20.4. The van der Waals surface area contributed by atoms with E-state index in [9.17, 15) is 4.79 Å². The number of hydrogen-bond donors (Lipinski definition) is 1. The number of carbonyl (C=O) groups is 1. The molecule has 3 N–H and O–H groups in total. The smallest absolute Gasteiger partial charge is 0.491 e. The zero-order valence-electron chi connectivity index (χ0n) is 24.8. The van der Waals surface area contributed by atoms with Crippen molar-refractivity contribution in [1.29, 1.82) is 0 Å². The van der Waals surface area contributed by atoms with Crippen LogP contribution >= 0.6 is 0 Å². The minimum absolute atomic E-state index is 0. The van der Waals surface area contributed by atoms with Crippen LogP contribution in [0.4, 0.5) is 4.79 Å². The number of unbranched alkanes of at least 4 members (excludes halogenated alkanes) is 3. The Morgan fingerprint density at radius 3 is 2.51 bits per heavy atom. The van der Waals surface area contributed by atoms with Crippen LogP contribution in [-0.2, 0) is 19.5 Å². The molecule has 2 heterocycles. The predicted molar refractivity (Wildman–Crippen MR) is 168 cm³/mol. The first-order valence-corrected chi connectivity index (χ1v) is 14.7. The third-order valence-corrected chi connectivity index (χ3v) is 7.46. The molecule has 0 aliphatic rings. The molecule has 43 heavy (non-hydrogen) atoms. The molecule has 0 atom stereocenters. The minimum Gasteiger partial charge on any atom is -0.491 e. The van der Waals surface area contributed by atoms with E-state index in [1.54, 1.807) is 12.1 Å². The molecule has 0 saturated carbocycles. The molecule has 9 nitrogen and oxygen atoms in total. The van der Waals surface area contributed by atoms with Crippen molar-refractivity contribution < 1.29 is 24.9 Å². The summed E-state index contributed by atoms with van der Waals surface area (Å²) in [6.07, 6.45) is 10.6. The average Bonchev–Trinajstić information content (AvgIpc) is 3.64. The molecule has 0 saturated heterocycles. The summed E-state index contributed by atoms with van der Waals surface area (Å²) < 4.78 is 15.8. The van der Waals surface area contributed by atoms with Gasteiger partial charge in [0.2, 0.25) is 0 Å². The summed E-state index contributed by atoms with van der Waals surface area (Å²) in [6.45, 7) is 6.59. The lowest BCUT2D eigenvalue weighted by molar-refractivity contribution is 0.144. The first kappa shape index (κ1) is 31.3. The molecule has 0 aliphatic carbocycles. The SMILES string of the molecule is CCCCc1nc2c(C)ccc(OCCCCCn3ccnc3)c2n1Cc1ccc(-c2ccccc2OC(=O)O)cc1.O. The zero-order valence-corrected chi connectivity index (χ0v) is 24.8. The Labute approximate surface area is 252 Å². The lowest BCUT2D eigenvalue weighted by atomic mass is 10.0. The molecular weight excluding hydrogens is 544 g/mol. The van der Waals surface area contributed by atoms with Gasteiger partial charge in [-0.1, -0.05) is 61.9 Å². The van der Waals surface area contributed by atoms with Crippen LogP contribution in [0.5, 0.6) is 11.5 Å². The monoisotopic (exact) mass is 584 g/mol. The third kappa shape index (κ3) is 7.81. The van der Waals surface area contributed by atoms with E-state index in [4.69, 9.17) is 19.6 Å². The normalized spacial score (nSPS) is 10.9. The van der Waals surface area contributed by atoms with E-state index in [1.807, 2.05) is 43.0 Å². The van der Waals surface area contributed by atoms with E-state index >= 15 is 0 Å². The summed E-state index contributed by atoms with van der Waals surface area (Å²) in [7, 11) is 0. The zero-order chi connectivity index (χ0) is 29.3. The van der Waals surface area contributed by atoms with Crippen LogP contribution in [-0.4, -0.2) is 42.4 Å². The fraction of sp³-hybridized carbons (Fsp3) is 0.324. The van der Waals surface area contributed by atoms with Gasteiger partial charge in [0, 0.05) is 37.5 Å². The number of imidazole rings is 2. The molecule has 9 heteroatoms. The lowest BCUT2D eigenvalue weighted by Crippen LogP contribution is -2.07. The second-order valence-electron chi connectivity index (χ2n) is 10.6. The fourth-order valence-corrected chi connectivity index (χ4v) is 5.23. The van der Waals surface area contributed by atoms with E-state index in [1.165, 1.54) is 0 Å². The van der Waals surface area contributed by atoms with Gasteiger partial charge in [0.15, 0.2) is 0 Å². The minimum atomic E-state index is -1.33. The van der Waals surface area contributed by atoms with Gasteiger partial charge >= 0.3 is 6.16 Å². The van der Waals surface area contributed by atoms with Crippen molar-refractivity contribution in [2.24, 2.45) is 0 Å². The Morgan fingerprint density at radius 2 is 1.77 bits per heavy atom. The summed E-state index contributed by atoms with van der Waals surface area (Å²) in [5.41, 5.74) is 5.93. The summed E-state index contributed by atoms with van der Waals surface area (Å²) in [6, 6.07) is 19.5. The Bertz CT molecular complexity index is 1610. The van der Waals surface area contributed by atoms with Crippen LogP contribution in [0, 0.1) is 6.92 Å². The van der Waals surface area contributed by atoms with Crippen molar-refractivity contribution in [1.82, 2.24) is 19.1 Å². The molecule has 0 spiro atoms. The van der Waals surface area contributed by atoms with Crippen LogP contribution in [0.15, 0.2) is 79.4 Å². The fourth-order valence-electron chi connectivity index (χ4n) is 5.23. The number of para-hydroxylation sites is 1. The highest BCUT2D eigenvalue weighted by molar-refractivity contribution is 5.86. The third-order valence-electron chi connectivity index (χ3n) is 7.46. The number of ether oxygens (including phenoxy) is 2. The van der Waals surface area contributed by atoms with Crippen molar-refractivity contribution in [3.63, 3.8) is 0 Å². The molecule has 0 amide bonds. The molecule has 5 rings (SSSR count). The highest BCUT2D eigenvalue weighted by atomic mass is 16.7. The largest absolute Gasteiger partial charge is 0.511 e. The molecule has 3 aromatic carbocycles. The van der Waals surface area contributed by atoms with E-state index in [-0.39, 0.29) is 5.48 Å². The maximum atomic E-state index is 11.2. The van der Waals surface area contributed by atoms with E-state index in [0.29, 0.717) is 18.9 Å². The number of aromatic nitrogens is 4. The van der Waals surface area contributed by atoms with E-state index in [0.717, 1.165) is 89.9 Å². The van der Waals surface area contributed by atoms with Crippen molar-refractivity contribution in [3.8, 4) is 22.6 Å². The molecule has 2 aromatic heterocycles.